The van der Waals surface area contributed by atoms with Crippen molar-refractivity contribution < 1.29 is 9.18 Å². The average molecular weight is 488 g/mol. The van der Waals surface area contributed by atoms with Crippen LogP contribution >= 0.6 is 11.8 Å². The molecule has 0 unspecified atom stereocenters. The summed E-state index contributed by atoms with van der Waals surface area (Å²) in [5.41, 5.74) is 3.15. The Hall–Kier alpha value is -3.71. The number of aryl methyl sites for hydroxylation is 1. The first-order valence-corrected chi connectivity index (χ1v) is 12.2. The van der Waals surface area contributed by atoms with Gasteiger partial charge in [0, 0.05) is 24.7 Å². The van der Waals surface area contributed by atoms with Gasteiger partial charge in [-0.2, -0.15) is 0 Å². The standard InChI is InChI=1S/C28H26FN3O2S/c1-19-23(17-22-15-9-10-16-24(22)29)27(34)32(2)28(30-19)35-18-25(33)31-26(20-11-5-3-6-12-20)21-13-7-4-8-14-21/h3-16,26H,17-18H2,1-2H3,(H,31,33). The number of benzene rings is 3. The van der Waals surface area contributed by atoms with Crippen LogP contribution in [0.2, 0.25) is 0 Å². The highest BCUT2D eigenvalue weighted by molar-refractivity contribution is 7.99. The van der Waals surface area contributed by atoms with Gasteiger partial charge in [0.05, 0.1) is 11.8 Å². The number of carbonyl (C=O) groups is 1. The molecule has 178 valence electrons. The third-order valence-electron chi connectivity index (χ3n) is 5.78. The molecule has 0 bridgehead atoms. The summed E-state index contributed by atoms with van der Waals surface area (Å²) in [6.07, 6.45) is 0.166. The van der Waals surface area contributed by atoms with Crippen molar-refractivity contribution in [2.75, 3.05) is 5.75 Å². The monoisotopic (exact) mass is 487 g/mol. The van der Waals surface area contributed by atoms with Crippen molar-refractivity contribution in [2.45, 2.75) is 24.5 Å². The second-order valence-corrected chi connectivity index (χ2v) is 9.14. The summed E-state index contributed by atoms with van der Waals surface area (Å²) in [6.45, 7) is 1.74. The van der Waals surface area contributed by atoms with Crippen molar-refractivity contribution in [1.82, 2.24) is 14.9 Å². The maximum Gasteiger partial charge on any atom is 0.257 e. The van der Waals surface area contributed by atoms with Gasteiger partial charge in [-0.25, -0.2) is 9.37 Å². The molecule has 0 saturated carbocycles. The Balaban J connectivity index is 1.49. The van der Waals surface area contributed by atoms with Crippen molar-refractivity contribution in [3.63, 3.8) is 0 Å². The minimum absolute atomic E-state index is 0.0997. The molecule has 4 aromatic rings. The first-order chi connectivity index (χ1) is 16.9. The number of halogens is 1. The third-order valence-corrected chi connectivity index (χ3v) is 6.81. The van der Waals surface area contributed by atoms with E-state index < -0.39 is 0 Å². The Morgan fingerprint density at radius 1 is 0.971 bits per heavy atom. The lowest BCUT2D eigenvalue weighted by molar-refractivity contribution is -0.119. The highest BCUT2D eigenvalue weighted by Crippen LogP contribution is 2.23. The number of nitrogens with one attached hydrogen (secondary N) is 1. The average Bonchev–Trinajstić information content (AvgIpc) is 2.88. The van der Waals surface area contributed by atoms with Crippen LogP contribution in [0.5, 0.6) is 0 Å². The SMILES string of the molecule is Cc1nc(SCC(=O)NC(c2ccccc2)c2ccccc2)n(C)c(=O)c1Cc1ccccc1F. The van der Waals surface area contributed by atoms with Crippen LogP contribution in [-0.4, -0.2) is 21.2 Å². The smallest absolute Gasteiger partial charge is 0.257 e. The van der Waals surface area contributed by atoms with Crippen LogP contribution in [0.15, 0.2) is 94.9 Å². The van der Waals surface area contributed by atoms with Gasteiger partial charge in [0.2, 0.25) is 5.91 Å². The molecule has 5 nitrogen and oxygen atoms in total. The van der Waals surface area contributed by atoms with Crippen LogP contribution in [0.3, 0.4) is 0 Å². The molecule has 1 heterocycles. The van der Waals surface area contributed by atoms with Crippen LogP contribution in [0.4, 0.5) is 4.39 Å². The van der Waals surface area contributed by atoms with E-state index in [2.05, 4.69) is 10.3 Å². The number of rotatable bonds is 8. The van der Waals surface area contributed by atoms with Gasteiger partial charge in [0.25, 0.3) is 5.56 Å². The van der Waals surface area contributed by atoms with Crippen molar-refractivity contribution in [3.05, 3.63) is 129 Å². The minimum atomic E-state index is -0.351. The lowest BCUT2D eigenvalue weighted by atomic mass is 9.99. The summed E-state index contributed by atoms with van der Waals surface area (Å²) in [6, 6.07) is 25.7. The summed E-state index contributed by atoms with van der Waals surface area (Å²) in [5, 5.41) is 3.54. The van der Waals surface area contributed by atoms with Gasteiger partial charge < -0.3 is 5.32 Å². The Bertz CT molecular complexity index is 1330. The first kappa shape index (κ1) is 24.4. The predicted octanol–water partition coefficient (Wildman–Crippen LogP) is 4.82. The van der Waals surface area contributed by atoms with Crippen molar-refractivity contribution in [3.8, 4) is 0 Å². The van der Waals surface area contributed by atoms with Crippen molar-refractivity contribution >= 4 is 17.7 Å². The van der Waals surface area contributed by atoms with E-state index in [1.54, 1.807) is 32.2 Å². The van der Waals surface area contributed by atoms with Gasteiger partial charge in [-0.05, 0) is 29.7 Å². The summed E-state index contributed by atoms with van der Waals surface area (Å²) in [4.78, 5) is 30.5. The number of carbonyl (C=O) groups excluding carboxylic acids is 1. The fourth-order valence-corrected chi connectivity index (χ4v) is 4.70. The summed E-state index contributed by atoms with van der Waals surface area (Å²) in [5.74, 6) is -0.423. The Morgan fingerprint density at radius 2 is 1.54 bits per heavy atom. The maximum atomic E-state index is 14.1. The number of hydrogen-bond acceptors (Lipinski definition) is 4. The number of hydrogen-bond donors (Lipinski definition) is 1. The zero-order valence-corrected chi connectivity index (χ0v) is 20.4. The molecule has 0 radical (unpaired) electrons. The van der Waals surface area contributed by atoms with E-state index in [0.717, 1.165) is 11.1 Å². The lowest BCUT2D eigenvalue weighted by Crippen LogP contribution is -2.31. The van der Waals surface area contributed by atoms with Crippen LogP contribution in [-0.2, 0) is 18.3 Å². The van der Waals surface area contributed by atoms with E-state index in [1.807, 2.05) is 60.7 Å². The van der Waals surface area contributed by atoms with Crippen LogP contribution < -0.4 is 10.9 Å². The Morgan fingerprint density at radius 3 is 2.14 bits per heavy atom. The molecule has 7 heteroatoms. The number of thioether (sulfide) groups is 1. The molecular weight excluding hydrogens is 461 g/mol. The zero-order valence-electron chi connectivity index (χ0n) is 19.6. The van der Waals surface area contributed by atoms with Crippen LogP contribution in [0.25, 0.3) is 0 Å². The van der Waals surface area contributed by atoms with E-state index >= 15 is 0 Å². The molecule has 3 aromatic carbocycles. The van der Waals surface area contributed by atoms with E-state index in [-0.39, 0.29) is 35.5 Å². The van der Waals surface area contributed by atoms with Gasteiger partial charge >= 0.3 is 0 Å². The van der Waals surface area contributed by atoms with E-state index in [4.69, 9.17) is 0 Å². The topological polar surface area (TPSA) is 64.0 Å². The molecule has 0 atom stereocenters. The number of aromatic nitrogens is 2. The summed E-state index contributed by atoms with van der Waals surface area (Å²) in [7, 11) is 1.62. The molecule has 0 fully saturated rings. The Labute approximate surface area is 208 Å². The second kappa shape index (κ2) is 11.1. The maximum absolute atomic E-state index is 14.1. The van der Waals surface area contributed by atoms with Gasteiger partial charge in [-0.15, -0.1) is 0 Å². The third kappa shape index (κ3) is 5.87. The largest absolute Gasteiger partial charge is 0.344 e. The number of amides is 1. The van der Waals surface area contributed by atoms with Crippen LogP contribution in [0, 0.1) is 12.7 Å². The molecular formula is C28H26FN3O2S. The van der Waals surface area contributed by atoms with Gasteiger partial charge in [-0.1, -0.05) is 90.6 Å². The van der Waals surface area contributed by atoms with E-state index in [1.165, 1.54) is 22.4 Å². The second-order valence-electron chi connectivity index (χ2n) is 8.20. The molecule has 0 aliphatic heterocycles. The van der Waals surface area contributed by atoms with Crippen LogP contribution in [0.1, 0.15) is 34.0 Å². The molecule has 1 amide bonds. The number of nitrogens with zero attached hydrogens (tertiary/aromatic N) is 2. The van der Waals surface area contributed by atoms with Gasteiger partial charge in [0.1, 0.15) is 5.82 Å². The quantitative estimate of drug-likeness (QED) is 0.286. The molecule has 1 aromatic heterocycles. The van der Waals surface area contributed by atoms with E-state index in [9.17, 15) is 14.0 Å². The molecule has 4 rings (SSSR count). The molecule has 0 spiro atoms. The van der Waals surface area contributed by atoms with Crippen molar-refractivity contribution in [2.24, 2.45) is 7.05 Å². The van der Waals surface area contributed by atoms with Gasteiger partial charge in [0.15, 0.2) is 5.16 Å². The predicted molar refractivity (Wildman–Crippen MR) is 137 cm³/mol. The first-order valence-electron chi connectivity index (χ1n) is 11.3. The van der Waals surface area contributed by atoms with Crippen molar-refractivity contribution in [1.29, 1.82) is 0 Å². The summed E-state index contributed by atoms with van der Waals surface area (Å²) < 4.78 is 15.5. The zero-order chi connectivity index (χ0) is 24.8. The highest BCUT2D eigenvalue weighted by Gasteiger charge is 2.19. The molecule has 0 aliphatic carbocycles. The molecule has 0 aliphatic rings. The fraction of sp³-hybridized carbons (Fsp3) is 0.179. The fourth-order valence-electron chi connectivity index (χ4n) is 3.88. The normalized spacial score (nSPS) is 11.0. The molecule has 0 saturated heterocycles. The van der Waals surface area contributed by atoms with E-state index in [0.29, 0.717) is 22.0 Å². The Kier molecular flexibility index (Phi) is 7.77. The van der Waals surface area contributed by atoms with Gasteiger partial charge in [-0.3, -0.25) is 14.2 Å². The highest BCUT2D eigenvalue weighted by atomic mass is 32.2. The minimum Gasteiger partial charge on any atom is -0.344 e. The molecule has 35 heavy (non-hydrogen) atoms. The molecule has 1 N–H and O–H groups in total. The summed E-state index contributed by atoms with van der Waals surface area (Å²) >= 11 is 1.20. The lowest BCUT2D eigenvalue weighted by Gasteiger charge is -2.20.